The summed E-state index contributed by atoms with van der Waals surface area (Å²) >= 11 is 0. The molecule has 2 N–H and O–H groups in total. The highest BCUT2D eigenvalue weighted by atomic mass is 32.2. The molecule has 0 unspecified atom stereocenters. The summed E-state index contributed by atoms with van der Waals surface area (Å²) < 4.78 is 27.7. The zero-order valence-electron chi connectivity index (χ0n) is 17.7. The highest BCUT2D eigenvalue weighted by Gasteiger charge is 2.26. The number of hydrogen-bond acceptors (Lipinski definition) is 4. The Labute approximate surface area is 183 Å². The fourth-order valence-electron chi connectivity index (χ4n) is 3.68. The largest absolute Gasteiger partial charge is 0.273 e. The maximum absolute atomic E-state index is 13.2. The number of hydrazine groups is 1. The third-order valence-electron chi connectivity index (χ3n) is 5.50. The number of nitrogens with one attached hydrogen (secondary N) is 2. The third-order valence-corrected chi connectivity index (χ3v) is 7.34. The summed E-state index contributed by atoms with van der Waals surface area (Å²) in [5.41, 5.74) is 6.40. The van der Waals surface area contributed by atoms with Crippen molar-refractivity contribution >= 4 is 27.5 Å². The van der Waals surface area contributed by atoms with Gasteiger partial charge in [0.1, 0.15) is 0 Å². The van der Waals surface area contributed by atoms with Crippen LogP contribution in [-0.2, 0) is 19.6 Å². The quantitative estimate of drug-likeness (QED) is 0.642. The van der Waals surface area contributed by atoms with E-state index in [4.69, 9.17) is 0 Å². The average molecular weight is 444 g/mol. The molecule has 0 spiro atoms. The van der Waals surface area contributed by atoms with E-state index in [0.717, 1.165) is 37.7 Å². The van der Waals surface area contributed by atoms with E-state index in [9.17, 15) is 18.0 Å². The van der Waals surface area contributed by atoms with E-state index in [0.29, 0.717) is 5.69 Å². The number of hydrogen-bond donors (Lipinski definition) is 2. The number of sulfonamides is 1. The maximum Gasteiger partial charge on any atom is 0.264 e. The molecule has 2 aromatic carbocycles. The number of rotatable bonds is 7. The van der Waals surface area contributed by atoms with Crippen molar-refractivity contribution in [2.75, 3.05) is 10.8 Å². The molecular formula is C23H29N3O4S. The number of carbonyl (C=O) groups is 2. The van der Waals surface area contributed by atoms with Crippen LogP contribution in [-0.4, -0.2) is 26.8 Å². The van der Waals surface area contributed by atoms with Crippen molar-refractivity contribution in [1.82, 2.24) is 10.9 Å². The maximum atomic E-state index is 13.2. The molecule has 0 atom stereocenters. The number of carbonyl (C=O) groups excluding carboxylic acids is 2. The molecule has 1 saturated carbocycles. The highest BCUT2D eigenvalue weighted by molar-refractivity contribution is 7.92. The predicted octanol–water partition coefficient (Wildman–Crippen LogP) is 3.31. The van der Waals surface area contributed by atoms with E-state index < -0.39 is 15.9 Å². The Kier molecular flexibility index (Phi) is 7.68. The number of benzene rings is 2. The van der Waals surface area contributed by atoms with Gasteiger partial charge in [0.05, 0.1) is 10.6 Å². The van der Waals surface area contributed by atoms with Crippen molar-refractivity contribution in [3.8, 4) is 0 Å². The molecule has 2 amide bonds. The highest BCUT2D eigenvalue weighted by Crippen LogP contribution is 2.25. The molecule has 1 aliphatic rings. The van der Waals surface area contributed by atoms with Crippen molar-refractivity contribution in [2.24, 2.45) is 5.92 Å². The predicted molar refractivity (Wildman–Crippen MR) is 120 cm³/mol. The second kappa shape index (κ2) is 10.4. The van der Waals surface area contributed by atoms with Gasteiger partial charge in [0.15, 0.2) is 0 Å². The number of aryl methyl sites for hydroxylation is 1. The van der Waals surface area contributed by atoms with Gasteiger partial charge in [-0.2, -0.15) is 0 Å². The summed E-state index contributed by atoms with van der Waals surface area (Å²) in [6.45, 7) is 1.87. The first-order chi connectivity index (χ1) is 14.9. The summed E-state index contributed by atoms with van der Waals surface area (Å²) in [6, 6.07) is 15.2. The van der Waals surface area contributed by atoms with E-state index in [-0.39, 0.29) is 29.7 Å². The first-order valence-electron chi connectivity index (χ1n) is 10.6. The number of amides is 2. The Bertz CT molecular complexity index is 985. The first-order valence-corrected chi connectivity index (χ1v) is 12.0. The second-order valence-electron chi connectivity index (χ2n) is 7.85. The SMILES string of the molecule is Cc1ccc(N(CCC(=O)NNC(=O)C2CCCCC2)S(=O)(=O)c2ccccc2)cc1. The molecule has 1 aliphatic carbocycles. The Morgan fingerprint density at radius 3 is 2.23 bits per heavy atom. The fourth-order valence-corrected chi connectivity index (χ4v) is 5.17. The van der Waals surface area contributed by atoms with Crippen LogP contribution in [0.5, 0.6) is 0 Å². The molecule has 8 heteroatoms. The normalized spacial score (nSPS) is 14.6. The van der Waals surface area contributed by atoms with Crippen molar-refractivity contribution < 1.29 is 18.0 Å². The van der Waals surface area contributed by atoms with E-state index in [2.05, 4.69) is 10.9 Å². The van der Waals surface area contributed by atoms with Crippen LogP contribution in [0.25, 0.3) is 0 Å². The minimum atomic E-state index is -3.85. The van der Waals surface area contributed by atoms with Crippen LogP contribution in [0.3, 0.4) is 0 Å². The topological polar surface area (TPSA) is 95.6 Å². The van der Waals surface area contributed by atoms with Crippen LogP contribution in [0.2, 0.25) is 0 Å². The van der Waals surface area contributed by atoms with E-state index in [1.807, 2.05) is 19.1 Å². The van der Waals surface area contributed by atoms with E-state index in [1.54, 1.807) is 30.3 Å². The van der Waals surface area contributed by atoms with Crippen LogP contribution >= 0.6 is 0 Å². The zero-order chi connectivity index (χ0) is 22.3. The molecule has 0 bridgehead atoms. The lowest BCUT2D eigenvalue weighted by Gasteiger charge is -2.25. The summed E-state index contributed by atoms with van der Waals surface area (Å²) in [6.07, 6.45) is 4.76. The van der Waals surface area contributed by atoms with Gasteiger partial charge in [-0.3, -0.25) is 24.7 Å². The van der Waals surface area contributed by atoms with Gasteiger partial charge in [0.25, 0.3) is 10.0 Å². The van der Waals surface area contributed by atoms with Crippen molar-refractivity contribution in [1.29, 1.82) is 0 Å². The third kappa shape index (κ3) is 6.07. The summed E-state index contributed by atoms with van der Waals surface area (Å²) in [5.74, 6) is -0.693. The summed E-state index contributed by atoms with van der Waals surface area (Å²) in [7, 11) is -3.85. The molecule has 166 valence electrons. The van der Waals surface area contributed by atoms with Crippen LogP contribution < -0.4 is 15.2 Å². The molecule has 0 radical (unpaired) electrons. The molecule has 1 fully saturated rings. The molecule has 0 saturated heterocycles. The summed E-state index contributed by atoms with van der Waals surface area (Å²) in [5, 5.41) is 0. The van der Waals surface area contributed by atoms with Gasteiger partial charge in [-0.25, -0.2) is 8.42 Å². The Hall–Kier alpha value is -2.87. The fraction of sp³-hybridized carbons (Fsp3) is 0.391. The van der Waals surface area contributed by atoms with Gasteiger partial charge in [-0.05, 0) is 44.0 Å². The lowest BCUT2D eigenvalue weighted by atomic mass is 9.89. The van der Waals surface area contributed by atoms with Gasteiger partial charge in [0, 0.05) is 18.9 Å². The Morgan fingerprint density at radius 1 is 0.935 bits per heavy atom. The van der Waals surface area contributed by atoms with Gasteiger partial charge in [-0.15, -0.1) is 0 Å². The average Bonchev–Trinajstić information content (AvgIpc) is 2.79. The van der Waals surface area contributed by atoms with Gasteiger partial charge >= 0.3 is 0 Å². The molecule has 0 aliphatic heterocycles. The van der Waals surface area contributed by atoms with Gasteiger partial charge in [-0.1, -0.05) is 55.2 Å². The minimum Gasteiger partial charge on any atom is -0.273 e. The van der Waals surface area contributed by atoms with Crippen LogP contribution in [0.1, 0.15) is 44.1 Å². The second-order valence-corrected chi connectivity index (χ2v) is 9.71. The van der Waals surface area contributed by atoms with Crippen molar-refractivity contribution in [3.05, 3.63) is 60.2 Å². The lowest BCUT2D eigenvalue weighted by Crippen LogP contribution is -2.46. The Morgan fingerprint density at radius 2 is 1.58 bits per heavy atom. The molecule has 7 nitrogen and oxygen atoms in total. The minimum absolute atomic E-state index is 0.0502. The number of nitrogens with zero attached hydrogens (tertiary/aromatic N) is 1. The smallest absolute Gasteiger partial charge is 0.264 e. The standard InChI is InChI=1S/C23H29N3O4S/c1-18-12-14-20(15-13-18)26(31(29,30)21-10-6-3-7-11-21)17-16-22(27)24-25-23(28)19-8-4-2-5-9-19/h3,6-7,10-15,19H,2,4-5,8-9,16-17H2,1H3,(H,24,27)(H,25,28). The van der Waals surface area contributed by atoms with E-state index in [1.165, 1.54) is 16.4 Å². The molecule has 0 heterocycles. The molecule has 3 rings (SSSR count). The van der Waals surface area contributed by atoms with Crippen LogP contribution in [0.4, 0.5) is 5.69 Å². The molecule has 31 heavy (non-hydrogen) atoms. The molecular weight excluding hydrogens is 414 g/mol. The molecule has 2 aromatic rings. The zero-order valence-corrected chi connectivity index (χ0v) is 18.5. The molecule has 0 aromatic heterocycles. The van der Waals surface area contributed by atoms with Crippen LogP contribution in [0, 0.1) is 12.8 Å². The van der Waals surface area contributed by atoms with Crippen molar-refractivity contribution in [3.63, 3.8) is 0 Å². The monoisotopic (exact) mass is 443 g/mol. The Balaban J connectivity index is 1.67. The lowest BCUT2D eigenvalue weighted by molar-refractivity contribution is -0.131. The van der Waals surface area contributed by atoms with Gasteiger partial charge in [0.2, 0.25) is 11.8 Å². The van der Waals surface area contributed by atoms with E-state index >= 15 is 0 Å². The first kappa shape index (κ1) is 22.8. The number of anilines is 1. The van der Waals surface area contributed by atoms with Crippen LogP contribution in [0.15, 0.2) is 59.5 Å². The van der Waals surface area contributed by atoms with Crippen molar-refractivity contribution in [2.45, 2.75) is 50.3 Å². The van der Waals surface area contributed by atoms with Gasteiger partial charge < -0.3 is 0 Å². The summed E-state index contributed by atoms with van der Waals surface area (Å²) in [4.78, 5) is 24.7.